The minimum Gasteiger partial charge on any atom is -0.396 e. The number of hydrogen-bond donors (Lipinski definition) is 3. The third-order valence-corrected chi connectivity index (χ3v) is 3.89. The Balaban J connectivity index is 2.35. The molecule has 106 valence electrons. The second kappa shape index (κ2) is 8.48. The predicted octanol–water partition coefficient (Wildman–Crippen LogP) is 1.44. The number of piperidine rings is 1. The van der Waals surface area contributed by atoms with Crippen molar-refractivity contribution in [2.75, 3.05) is 26.2 Å². The second-order valence-corrected chi connectivity index (χ2v) is 5.32. The van der Waals surface area contributed by atoms with Gasteiger partial charge in [0, 0.05) is 13.2 Å². The summed E-state index contributed by atoms with van der Waals surface area (Å²) in [5, 5.41) is 15.1. The normalized spacial score (nSPS) is 18.6. The van der Waals surface area contributed by atoms with Gasteiger partial charge in [0.05, 0.1) is 5.41 Å². The van der Waals surface area contributed by atoms with Gasteiger partial charge in [0.25, 0.3) is 0 Å². The largest absolute Gasteiger partial charge is 0.396 e. The van der Waals surface area contributed by atoms with Gasteiger partial charge in [-0.2, -0.15) is 0 Å². The molecule has 0 atom stereocenters. The number of amides is 1. The monoisotopic (exact) mass is 256 g/mol. The number of nitrogens with one attached hydrogen (secondary N) is 2. The lowest BCUT2D eigenvalue weighted by molar-refractivity contribution is -0.133. The van der Waals surface area contributed by atoms with Gasteiger partial charge in [-0.05, 0) is 51.6 Å². The fourth-order valence-corrected chi connectivity index (χ4v) is 2.78. The van der Waals surface area contributed by atoms with Crippen LogP contribution in [0.4, 0.5) is 0 Å². The van der Waals surface area contributed by atoms with Crippen molar-refractivity contribution in [3.63, 3.8) is 0 Å². The highest BCUT2D eigenvalue weighted by molar-refractivity contribution is 5.82. The molecule has 0 unspecified atom stereocenters. The molecule has 0 bridgehead atoms. The molecule has 0 radical (unpaired) electrons. The molecule has 1 fully saturated rings. The van der Waals surface area contributed by atoms with Crippen LogP contribution >= 0.6 is 0 Å². The summed E-state index contributed by atoms with van der Waals surface area (Å²) < 4.78 is 0. The molecule has 0 spiro atoms. The highest BCUT2D eigenvalue weighted by Crippen LogP contribution is 2.34. The number of carbonyl (C=O) groups excluding carboxylic acids is 1. The Morgan fingerprint density at radius 3 is 2.61 bits per heavy atom. The van der Waals surface area contributed by atoms with E-state index in [0.717, 1.165) is 64.6 Å². The molecule has 0 aliphatic carbocycles. The van der Waals surface area contributed by atoms with Crippen molar-refractivity contribution in [2.24, 2.45) is 5.41 Å². The molecule has 1 amide bonds. The third kappa shape index (κ3) is 4.58. The van der Waals surface area contributed by atoms with E-state index in [-0.39, 0.29) is 17.9 Å². The molecule has 0 aromatic rings. The Bertz CT molecular complexity index is 232. The summed E-state index contributed by atoms with van der Waals surface area (Å²) in [4.78, 5) is 12.4. The lowest BCUT2D eigenvalue weighted by Gasteiger charge is -2.36. The Morgan fingerprint density at radius 2 is 2.00 bits per heavy atom. The molecule has 1 aliphatic heterocycles. The Labute approximate surface area is 111 Å². The van der Waals surface area contributed by atoms with Gasteiger partial charge in [-0.15, -0.1) is 0 Å². The van der Waals surface area contributed by atoms with E-state index in [1.54, 1.807) is 0 Å². The van der Waals surface area contributed by atoms with Gasteiger partial charge >= 0.3 is 0 Å². The zero-order valence-corrected chi connectivity index (χ0v) is 11.6. The Hall–Kier alpha value is -0.610. The van der Waals surface area contributed by atoms with Crippen molar-refractivity contribution in [3.8, 4) is 0 Å². The van der Waals surface area contributed by atoms with Crippen LogP contribution in [0.3, 0.4) is 0 Å². The summed E-state index contributed by atoms with van der Waals surface area (Å²) in [7, 11) is 0. The van der Waals surface area contributed by atoms with E-state index in [9.17, 15) is 4.79 Å². The minimum absolute atomic E-state index is 0.128. The van der Waals surface area contributed by atoms with Crippen molar-refractivity contribution in [1.82, 2.24) is 10.6 Å². The summed E-state index contributed by atoms with van der Waals surface area (Å²) in [6.45, 7) is 5.06. The Morgan fingerprint density at radius 1 is 1.28 bits per heavy atom. The fraction of sp³-hybridized carbons (Fsp3) is 0.929. The summed E-state index contributed by atoms with van der Waals surface area (Å²) in [5.74, 6) is 0.245. The number of aliphatic hydroxyl groups excluding tert-OH is 1. The molecule has 1 rings (SSSR count). The maximum Gasteiger partial charge on any atom is 0.226 e. The molecule has 1 saturated heterocycles. The van der Waals surface area contributed by atoms with Gasteiger partial charge in [0.2, 0.25) is 5.91 Å². The van der Waals surface area contributed by atoms with Crippen LogP contribution in [-0.2, 0) is 4.79 Å². The molecular formula is C14H28N2O2. The zero-order valence-electron chi connectivity index (χ0n) is 11.6. The number of carbonyl (C=O) groups is 1. The quantitative estimate of drug-likeness (QED) is 0.576. The van der Waals surface area contributed by atoms with Crippen LogP contribution in [0.2, 0.25) is 0 Å². The molecule has 1 heterocycles. The van der Waals surface area contributed by atoms with E-state index in [1.807, 2.05) is 0 Å². The molecule has 18 heavy (non-hydrogen) atoms. The number of hydrogen-bond acceptors (Lipinski definition) is 3. The van der Waals surface area contributed by atoms with Crippen LogP contribution in [0, 0.1) is 5.41 Å². The summed E-state index contributed by atoms with van der Waals surface area (Å²) >= 11 is 0. The molecule has 0 aromatic carbocycles. The third-order valence-electron chi connectivity index (χ3n) is 3.89. The van der Waals surface area contributed by atoms with E-state index in [4.69, 9.17) is 5.11 Å². The maximum absolute atomic E-state index is 12.4. The van der Waals surface area contributed by atoms with E-state index < -0.39 is 0 Å². The van der Waals surface area contributed by atoms with Crippen LogP contribution in [0.5, 0.6) is 0 Å². The lowest BCUT2D eigenvalue weighted by atomic mass is 9.74. The highest BCUT2D eigenvalue weighted by atomic mass is 16.2. The van der Waals surface area contributed by atoms with Crippen molar-refractivity contribution in [2.45, 2.75) is 51.9 Å². The van der Waals surface area contributed by atoms with Crippen LogP contribution in [0.15, 0.2) is 0 Å². The molecular weight excluding hydrogens is 228 g/mol. The number of rotatable bonds is 8. The minimum atomic E-state index is -0.128. The molecule has 0 aromatic heterocycles. The van der Waals surface area contributed by atoms with Gasteiger partial charge in [-0.25, -0.2) is 0 Å². The van der Waals surface area contributed by atoms with Gasteiger partial charge in [-0.1, -0.05) is 13.3 Å². The average molecular weight is 256 g/mol. The molecule has 0 saturated carbocycles. The Kier molecular flexibility index (Phi) is 7.28. The first-order valence-electron chi connectivity index (χ1n) is 7.35. The predicted molar refractivity (Wildman–Crippen MR) is 73.4 cm³/mol. The van der Waals surface area contributed by atoms with Crippen molar-refractivity contribution in [3.05, 3.63) is 0 Å². The van der Waals surface area contributed by atoms with E-state index in [2.05, 4.69) is 17.6 Å². The maximum atomic E-state index is 12.4. The topological polar surface area (TPSA) is 61.4 Å². The van der Waals surface area contributed by atoms with Gasteiger partial charge in [0.15, 0.2) is 0 Å². The van der Waals surface area contributed by atoms with E-state index in [0.29, 0.717) is 0 Å². The van der Waals surface area contributed by atoms with Gasteiger partial charge < -0.3 is 15.7 Å². The zero-order chi connectivity index (χ0) is 13.3. The van der Waals surface area contributed by atoms with Gasteiger partial charge in [0.1, 0.15) is 0 Å². The molecule has 4 heteroatoms. The van der Waals surface area contributed by atoms with Crippen molar-refractivity contribution in [1.29, 1.82) is 0 Å². The standard InChI is InChI=1S/C14H28N2O2/c1-2-6-14(7-10-15-11-8-14)13(18)16-9-4-3-5-12-17/h15,17H,2-12H2,1H3,(H,16,18). The van der Waals surface area contributed by atoms with Crippen molar-refractivity contribution >= 4 is 5.91 Å². The fourth-order valence-electron chi connectivity index (χ4n) is 2.78. The lowest BCUT2D eigenvalue weighted by Crippen LogP contribution is -2.47. The summed E-state index contributed by atoms with van der Waals surface area (Å²) in [5.41, 5.74) is -0.128. The highest BCUT2D eigenvalue weighted by Gasteiger charge is 2.38. The average Bonchev–Trinajstić information content (AvgIpc) is 2.39. The number of aliphatic hydroxyl groups is 1. The molecule has 1 aliphatic rings. The van der Waals surface area contributed by atoms with Gasteiger partial charge in [-0.3, -0.25) is 4.79 Å². The molecule has 4 nitrogen and oxygen atoms in total. The van der Waals surface area contributed by atoms with Crippen LogP contribution < -0.4 is 10.6 Å². The van der Waals surface area contributed by atoms with Crippen LogP contribution in [0.25, 0.3) is 0 Å². The summed E-state index contributed by atoms with van der Waals surface area (Å²) in [6, 6.07) is 0. The molecule has 3 N–H and O–H groups in total. The van der Waals surface area contributed by atoms with Crippen molar-refractivity contribution < 1.29 is 9.90 Å². The summed E-state index contributed by atoms with van der Waals surface area (Å²) in [6.07, 6.45) is 6.77. The first-order chi connectivity index (χ1) is 8.75. The first kappa shape index (κ1) is 15.4. The van der Waals surface area contributed by atoms with E-state index >= 15 is 0 Å². The smallest absolute Gasteiger partial charge is 0.226 e. The van der Waals surface area contributed by atoms with Crippen LogP contribution in [-0.4, -0.2) is 37.3 Å². The SMILES string of the molecule is CCCC1(C(=O)NCCCCCO)CCNCC1. The van der Waals surface area contributed by atoms with E-state index in [1.165, 1.54) is 0 Å². The number of unbranched alkanes of at least 4 members (excludes halogenated alkanes) is 2. The van der Waals surface area contributed by atoms with Crippen LogP contribution in [0.1, 0.15) is 51.9 Å². The first-order valence-corrected chi connectivity index (χ1v) is 7.35. The second-order valence-electron chi connectivity index (χ2n) is 5.32.